The molecule has 1 saturated heterocycles. The Labute approximate surface area is 192 Å². The molecule has 7 nitrogen and oxygen atoms in total. The summed E-state index contributed by atoms with van der Waals surface area (Å²) in [5, 5.41) is 5.29. The molecule has 0 unspecified atom stereocenters. The van der Waals surface area contributed by atoms with Crippen LogP contribution in [-0.2, 0) is 19.6 Å². The number of nitrogens with one attached hydrogen (secondary N) is 2. The fraction of sp³-hybridized carbons (Fsp3) is 0.364. The average molecular weight is 482 g/mol. The molecule has 1 aliphatic heterocycles. The molecule has 2 N–H and O–H groups in total. The van der Waals surface area contributed by atoms with Crippen LogP contribution in [0.15, 0.2) is 47.4 Å². The molecule has 1 fully saturated rings. The van der Waals surface area contributed by atoms with Crippen LogP contribution < -0.4 is 10.6 Å². The third-order valence-electron chi connectivity index (χ3n) is 5.40. The number of rotatable bonds is 6. The van der Waals surface area contributed by atoms with Gasteiger partial charge in [0.1, 0.15) is 5.82 Å². The molecule has 1 heterocycles. The molecule has 0 saturated carbocycles. The predicted molar refractivity (Wildman–Crippen MR) is 120 cm³/mol. The maximum Gasteiger partial charge on any atom is 0.313 e. The summed E-state index contributed by atoms with van der Waals surface area (Å²) in [6.45, 7) is 2.00. The number of nitrogens with zero attached hydrogens (tertiary/aromatic N) is 1. The molecule has 2 aromatic rings. The van der Waals surface area contributed by atoms with Crippen molar-refractivity contribution in [1.29, 1.82) is 0 Å². The Kier molecular flexibility index (Phi) is 7.86. The molecule has 0 aromatic heterocycles. The van der Waals surface area contributed by atoms with E-state index in [1.165, 1.54) is 23.4 Å². The van der Waals surface area contributed by atoms with E-state index in [-0.39, 0.29) is 23.0 Å². The van der Waals surface area contributed by atoms with Gasteiger partial charge in [0, 0.05) is 19.1 Å². The summed E-state index contributed by atoms with van der Waals surface area (Å²) in [6, 6.07) is 9.98. The Morgan fingerprint density at radius 1 is 1.16 bits per heavy atom. The normalized spacial score (nSPS) is 17.0. The Hall–Kier alpha value is -2.49. The highest BCUT2D eigenvalue weighted by atomic mass is 35.5. The van der Waals surface area contributed by atoms with Gasteiger partial charge in [-0.25, -0.2) is 12.8 Å². The molecular weight excluding hydrogens is 457 g/mol. The highest BCUT2D eigenvalue weighted by molar-refractivity contribution is 7.89. The summed E-state index contributed by atoms with van der Waals surface area (Å²) < 4.78 is 41.3. The first-order chi connectivity index (χ1) is 15.2. The van der Waals surface area contributed by atoms with E-state index < -0.39 is 27.7 Å². The molecule has 32 heavy (non-hydrogen) atoms. The van der Waals surface area contributed by atoms with Crippen molar-refractivity contribution in [2.75, 3.05) is 18.4 Å². The van der Waals surface area contributed by atoms with Crippen LogP contribution in [0.1, 0.15) is 31.2 Å². The summed E-state index contributed by atoms with van der Waals surface area (Å²) in [6.07, 6.45) is 2.58. The zero-order valence-electron chi connectivity index (χ0n) is 17.6. The zero-order valence-corrected chi connectivity index (χ0v) is 19.2. The van der Waals surface area contributed by atoms with E-state index >= 15 is 0 Å². The first-order valence-electron chi connectivity index (χ1n) is 10.3. The number of sulfonamides is 1. The van der Waals surface area contributed by atoms with Crippen molar-refractivity contribution in [2.24, 2.45) is 0 Å². The quantitative estimate of drug-likeness (QED) is 0.617. The fourth-order valence-electron chi connectivity index (χ4n) is 3.67. The van der Waals surface area contributed by atoms with Crippen LogP contribution in [-0.4, -0.2) is 43.7 Å². The number of hydrogen-bond donors (Lipinski definition) is 2. The topological polar surface area (TPSA) is 95.6 Å². The number of piperidine rings is 1. The highest BCUT2D eigenvalue weighted by Crippen LogP contribution is 2.28. The number of carbonyl (C=O) groups is 2. The lowest BCUT2D eigenvalue weighted by molar-refractivity contribution is -0.136. The van der Waals surface area contributed by atoms with Gasteiger partial charge in [0.15, 0.2) is 0 Å². The molecule has 1 atom stereocenters. The largest absolute Gasteiger partial charge is 0.348 e. The first-order valence-corrected chi connectivity index (χ1v) is 12.1. The van der Waals surface area contributed by atoms with Gasteiger partial charge in [-0.1, -0.05) is 30.2 Å². The second-order valence-corrected chi connectivity index (χ2v) is 9.95. The van der Waals surface area contributed by atoms with Gasteiger partial charge >= 0.3 is 11.8 Å². The maximum atomic E-state index is 13.6. The summed E-state index contributed by atoms with van der Waals surface area (Å²) in [5.74, 6) is -2.14. The number of aryl methyl sites for hydroxylation is 1. The number of carbonyl (C=O) groups excluding carboxylic acids is 2. The fourth-order valence-corrected chi connectivity index (χ4v) is 5.66. The summed E-state index contributed by atoms with van der Waals surface area (Å²) in [4.78, 5) is 24.3. The third kappa shape index (κ3) is 5.65. The van der Waals surface area contributed by atoms with Gasteiger partial charge in [-0.3, -0.25) is 9.59 Å². The average Bonchev–Trinajstić information content (AvgIpc) is 2.77. The minimum absolute atomic E-state index is 0.0476. The van der Waals surface area contributed by atoms with Crippen molar-refractivity contribution in [3.8, 4) is 0 Å². The molecule has 0 spiro atoms. The van der Waals surface area contributed by atoms with Crippen LogP contribution in [0.25, 0.3) is 0 Å². The molecule has 0 radical (unpaired) electrons. The SMILES string of the molecule is Cc1cc(S(=O)(=O)N2CCCC[C@@H]2CCNC(=O)C(=O)Nc2ccccc2Cl)ccc1F. The Bertz CT molecular complexity index is 1110. The number of amides is 2. The summed E-state index contributed by atoms with van der Waals surface area (Å²) in [7, 11) is -3.80. The van der Waals surface area contributed by atoms with Crippen LogP contribution in [0.4, 0.5) is 10.1 Å². The van der Waals surface area contributed by atoms with Crippen molar-refractivity contribution in [1.82, 2.24) is 9.62 Å². The maximum absolute atomic E-state index is 13.6. The molecule has 10 heteroatoms. The van der Waals surface area contributed by atoms with Crippen molar-refractivity contribution in [3.05, 3.63) is 58.9 Å². The van der Waals surface area contributed by atoms with Crippen LogP contribution in [0.5, 0.6) is 0 Å². The Morgan fingerprint density at radius 3 is 2.62 bits per heavy atom. The van der Waals surface area contributed by atoms with Crippen molar-refractivity contribution in [3.63, 3.8) is 0 Å². The zero-order chi connectivity index (χ0) is 23.3. The van der Waals surface area contributed by atoms with E-state index in [1.54, 1.807) is 24.3 Å². The number of hydrogen-bond acceptors (Lipinski definition) is 4. The smallest absolute Gasteiger partial charge is 0.313 e. The van der Waals surface area contributed by atoms with Gasteiger partial charge in [0.05, 0.1) is 15.6 Å². The minimum atomic E-state index is -3.80. The third-order valence-corrected chi connectivity index (χ3v) is 7.68. The van der Waals surface area contributed by atoms with Gasteiger partial charge in [-0.05, 0) is 62.1 Å². The predicted octanol–water partition coefficient (Wildman–Crippen LogP) is 3.48. The van der Waals surface area contributed by atoms with Gasteiger partial charge in [-0.15, -0.1) is 0 Å². The van der Waals surface area contributed by atoms with Crippen LogP contribution in [0, 0.1) is 12.7 Å². The molecule has 0 bridgehead atoms. The molecule has 2 amide bonds. The highest BCUT2D eigenvalue weighted by Gasteiger charge is 2.33. The van der Waals surface area contributed by atoms with Crippen LogP contribution >= 0.6 is 11.6 Å². The summed E-state index contributed by atoms with van der Waals surface area (Å²) in [5.41, 5.74) is 0.588. The number of para-hydroxylation sites is 1. The van der Waals surface area contributed by atoms with E-state index in [0.29, 0.717) is 30.1 Å². The van der Waals surface area contributed by atoms with Gasteiger partial charge in [0.25, 0.3) is 0 Å². The van der Waals surface area contributed by atoms with E-state index in [1.807, 2.05) is 0 Å². The minimum Gasteiger partial charge on any atom is -0.348 e. The second kappa shape index (κ2) is 10.4. The number of benzene rings is 2. The molecular formula is C22H25ClFN3O4S. The standard InChI is InChI=1S/C22H25ClFN3O4S/c1-15-14-17(9-10-19(15)24)32(30,31)27-13-5-4-6-16(27)11-12-25-21(28)22(29)26-20-8-3-2-7-18(20)23/h2-3,7-10,14,16H,4-6,11-13H2,1H3,(H,25,28)(H,26,29)/t16-/m1/s1. The lowest BCUT2D eigenvalue weighted by Gasteiger charge is -2.34. The monoisotopic (exact) mass is 481 g/mol. The second-order valence-electron chi connectivity index (χ2n) is 7.65. The lowest BCUT2D eigenvalue weighted by Crippen LogP contribution is -2.45. The van der Waals surface area contributed by atoms with E-state index in [2.05, 4.69) is 10.6 Å². The Balaban J connectivity index is 1.60. The van der Waals surface area contributed by atoms with Crippen molar-refractivity contribution in [2.45, 2.75) is 43.5 Å². The van der Waals surface area contributed by atoms with E-state index in [4.69, 9.17) is 11.6 Å². The van der Waals surface area contributed by atoms with Crippen molar-refractivity contribution < 1.29 is 22.4 Å². The number of halogens is 2. The van der Waals surface area contributed by atoms with Gasteiger partial charge in [0.2, 0.25) is 10.0 Å². The lowest BCUT2D eigenvalue weighted by atomic mass is 10.0. The molecule has 1 aliphatic rings. The molecule has 0 aliphatic carbocycles. The van der Waals surface area contributed by atoms with Gasteiger partial charge in [-0.2, -0.15) is 4.31 Å². The number of anilines is 1. The molecule has 3 rings (SSSR count). The van der Waals surface area contributed by atoms with Gasteiger partial charge < -0.3 is 10.6 Å². The summed E-state index contributed by atoms with van der Waals surface area (Å²) >= 11 is 5.98. The van der Waals surface area contributed by atoms with Crippen molar-refractivity contribution >= 4 is 39.1 Å². The molecule has 172 valence electrons. The molecule has 2 aromatic carbocycles. The van der Waals surface area contributed by atoms with Crippen LogP contribution in [0.2, 0.25) is 5.02 Å². The Morgan fingerprint density at radius 2 is 1.91 bits per heavy atom. The first kappa shape index (κ1) is 24.2. The van der Waals surface area contributed by atoms with E-state index in [9.17, 15) is 22.4 Å². The van der Waals surface area contributed by atoms with Crippen LogP contribution in [0.3, 0.4) is 0 Å². The van der Waals surface area contributed by atoms with E-state index in [0.717, 1.165) is 18.9 Å².